The molecule has 0 atom stereocenters. The lowest BCUT2D eigenvalue weighted by Crippen LogP contribution is -2.48. The lowest BCUT2D eigenvalue weighted by atomic mass is 10.2. The Labute approximate surface area is 177 Å². The van der Waals surface area contributed by atoms with E-state index in [1.54, 1.807) is 29.3 Å². The molecular weight excluding hydrogens is 412 g/mol. The van der Waals surface area contributed by atoms with Crippen LogP contribution in [0.1, 0.15) is 15.4 Å². The standard InChI is InChI=1S/C20H21ClN4OS2/c1-27-20-22-13-17(25(20)15-5-3-2-4-6-15)19(26)24-11-9-23(10-12-24)14-16-7-8-18(21)28-16/h2-8,13H,9-12,14H2,1H3. The van der Waals surface area contributed by atoms with Gasteiger partial charge in [0.15, 0.2) is 5.16 Å². The van der Waals surface area contributed by atoms with Crippen LogP contribution < -0.4 is 0 Å². The van der Waals surface area contributed by atoms with Gasteiger partial charge in [-0.25, -0.2) is 4.98 Å². The summed E-state index contributed by atoms with van der Waals surface area (Å²) in [7, 11) is 0. The average molecular weight is 433 g/mol. The smallest absolute Gasteiger partial charge is 0.272 e. The molecule has 146 valence electrons. The molecule has 1 aromatic carbocycles. The van der Waals surface area contributed by atoms with Gasteiger partial charge in [-0.05, 0) is 30.5 Å². The minimum Gasteiger partial charge on any atom is -0.335 e. The fourth-order valence-corrected chi connectivity index (χ4v) is 5.06. The number of aromatic nitrogens is 2. The van der Waals surface area contributed by atoms with Crippen molar-refractivity contribution < 1.29 is 4.79 Å². The second-order valence-corrected chi connectivity index (χ2v) is 9.15. The van der Waals surface area contributed by atoms with Crippen molar-refractivity contribution in [3.05, 3.63) is 63.6 Å². The summed E-state index contributed by atoms with van der Waals surface area (Å²) in [4.78, 5) is 23.2. The Hall–Kier alpha value is -1.80. The first-order valence-electron chi connectivity index (χ1n) is 9.08. The number of carbonyl (C=O) groups excluding carboxylic acids is 1. The predicted molar refractivity (Wildman–Crippen MR) is 116 cm³/mol. The van der Waals surface area contributed by atoms with Crippen molar-refractivity contribution in [3.8, 4) is 5.69 Å². The van der Waals surface area contributed by atoms with E-state index < -0.39 is 0 Å². The van der Waals surface area contributed by atoms with Crippen LogP contribution in [-0.4, -0.2) is 57.7 Å². The van der Waals surface area contributed by atoms with E-state index in [4.69, 9.17) is 11.6 Å². The zero-order valence-corrected chi connectivity index (χ0v) is 17.9. The number of imidazole rings is 1. The van der Waals surface area contributed by atoms with Crippen LogP contribution in [-0.2, 0) is 6.54 Å². The van der Waals surface area contributed by atoms with Crippen LogP contribution in [0.4, 0.5) is 0 Å². The maximum Gasteiger partial charge on any atom is 0.272 e. The molecule has 0 spiro atoms. The molecule has 8 heteroatoms. The van der Waals surface area contributed by atoms with Gasteiger partial charge in [0.05, 0.1) is 10.5 Å². The molecule has 0 bridgehead atoms. The molecule has 1 fully saturated rings. The summed E-state index contributed by atoms with van der Waals surface area (Å²) in [5.41, 5.74) is 1.58. The summed E-state index contributed by atoms with van der Waals surface area (Å²) in [5.74, 6) is 0.0375. The highest BCUT2D eigenvalue weighted by Gasteiger charge is 2.26. The molecule has 1 aliphatic rings. The molecule has 1 aliphatic heterocycles. The summed E-state index contributed by atoms with van der Waals surface area (Å²) in [5, 5.41) is 0.822. The summed E-state index contributed by atoms with van der Waals surface area (Å²) < 4.78 is 2.77. The minimum absolute atomic E-state index is 0.0375. The van der Waals surface area contributed by atoms with Gasteiger partial charge in [-0.2, -0.15) is 0 Å². The number of para-hydroxylation sites is 1. The maximum absolute atomic E-state index is 13.2. The van der Waals surface area contributed by atoms with Crippen molar-refractivity contribution >= 4 is 40.6 Å². The topological polar surface area (TPSA) is 41.4 Å². The molecule has 0 aliphatic carbocycles. The van der Waals surface area contributed by atoms with Crippen molar-refractivity contribution in [3.63, 3.8) is 0 Å². The second kappa shape index (κ2) is 8.69. The Morgan fingerprint density at radius 1 is 1.14 bits per heavy atom. The van der Waals surface area contributed by atoms with E-state index in [2.05, 4.69) is 16.0 Å². The van der Waals surface area contributed by atoms with Crippen LogP contribution in [0.3, 0.4) is 0 Å². The lowest BCUT2D eigenvalue weighted by molar-refractivity contribution is 0.0621. The van der Waals surface area contributed by atoms with Crippen molar-refractivity contribution in [1.82, 2.24) is 19.4 Å². The number of thioether (sulfide) groups is 1. The molecule has 0 unspecified atom stereocenters. The Kier molecular flexibility index (Phi) is 6.06. The molecule has 1 saturated heterocycles. The number of hydrogen-bond donors (Lipinski definition) is 0. The van der Waals surface area contributed by atoms with Crippen LogP contribution in [0.2, 0.25) is 4.34 Å². The summed E-state index contributed by atoms with van der Waals surface area (Å²) in [6.07, 6.45) is 3.67. The summed E-state index contributed by atoms with van der Waals surface area (Å²) in [6, 6.07) is 13.9. The minimum atomic E-state index is 0.0375. The van der Waals surface area contributed by atoms with Gasteiger partial charge >= 0.3 is 0 Å². The molecular formula is C20H21ClN4OS2. The first-order valence-corrected chi connectivity index (χ1v) is 11.5. The predicted octanol–water partition coefficient (Wildman–Crippen LogP) is 4.27. The molecule has 5 nitrogen and oxygen atoms in total. The molecule has 28 heavy (non-hydrogen) atoms. The number of carbonyl (C=O) groups is 1. The molecule has 3 heterocycles. The number of nitrogens with zero attached hydrogens (tertiary/aromatic N) is 4. The zero-order valence-electron chi connectivity index (χ0n) is 15.5. The fraction of sp³-hybridized carbons (Fsp3) is 0.300. The third kappa shape index (κ3) is 4.12. The summed E-state index contributed by atoms with van der Waals surface area (Å²) in [6.45, 7) is 4.03. The van der Waals surface area contributed by atoms with Crippen molar-refractivity contribution in [2.45, 2.75) is 11.7 Å². The highest BCUT2D eigenvalue weighted by Crippen LogP contribution is 2.25. The van der Waals surface area contributed by atoms with E-state index in [1.807, 2.05) is 52.1 Å². The van der Waals surface area contributed by atoms with Crippen molar-refractivity contribution in [2.75, 3.05) is 32.4 Å². The number of halogens is 1. The van der Waals surface area contributed by atoms with Crippen LogP contribution in [0.5, 0.6) is 0 Å². The van der Waals surface area contributed by atoms with Crippen molar-refractivity contribution in [1.29, 1.82) is 0 Å². The van der Waals surface area contributed by atoms with E-state index in [0.29, 0.717) is 18.8 Å². The van der Waals surface area contributed by atoms with Crippen molar-refractivity contribution in [2.24, 2.45) is 0 Å². The molecule has 2 aromatic heterocycles. The summed E-state index contributed by atoms with van der Waals surface area (Å²) >= 11 is 9.19. The normalized spacial score (nSPS) is 15.1. The highest BCUT2D eigenvalue weighted by molar-refractivity contribution is 7.98. The number of amides is 1. The number of piperazine rings is 1. The van der Waals surface area contributed by atoms with Gasteiger partial charge in [0, 0.05) is 43.3 Å². The molecule has 0 radical (unpaired) electrons. The van der Waals surface area contributed by atoms with Gasteiger partial charge in [0.1, 0.15) is 5.69 Å². The lowest BCUT2D eigenvalue weighted by Gasteiger charge is -2.34. The number of benzene rings is 1. The van der Waals surface area contributed by atoms with Gasteiger partial charge < -0.3 is 4.90 Å². The van der Waals surface area contributed by atoms with Gasteiger partial charge in [-0.1, -0.05) is 41.6 Å². The zero-order chi connectivity index (χ0) is 19.5. The Morgan fingerprint density at radius 3 is 2.54 bits per heavy atom. The largest absolute Gasteiger partial charge is 0.335 e. The molecule has 0 saturated carbocycles. The van der Waals surface area contributed by atoms with Crippen LogP contribution >= 0.6 is 34.7 Å². The monoisotopic (exact) mass is 432 g/mol. The van der Waals surface area contributed by atoms with Crippen LogP contribution in [0, 0.1) is 0 Å². The van der Waals surface area contributed by atoms with Gasteiger partial charge in [-0.15, -0.1) is 11.3 Å². The van der Waals surface area contributed by atoms with E-state index >= 15 is 0 Å². The van der Waals surface area contributed by atoms with E-state index in [0.717, 1.165) is 34.8 Å². The Balaban J connectivity index is 1.47. The third-order valence-electron chi connectivity index (χ3n) is 4.81. The van der Waals surface area contributed by atoms with E-state index in [9.17, 15) is 4.79 Å². The molecule has 1 amide bonds. The molecule has 4 rings (SSSR count). The third-order valence-corrected chi connectivity index (χ3v) is 6.68. The number of rotatable bonds is 5. The van der Waals surface area contributed by atoms with Gasteiger partial charge in [-0.3, -0.25) is 14.3 Å². The van der Waals surface area contributed by atoms with Crippen LogP contribution in [0.25, 0.3) is 5.69 Å². The maximum atomic E-state index is 13.2. The fourth-order valence-electron chi connectivity index (χ4n) is 3.38. The van der Waals surface area contributed by atoms with Gasteiger partial charge in [0.2, 0.25) is 0 Å². The average Bonchev–Trinajstić information content (AvgIpc) is 3.34. The Bertz CT molecular complexity index is 948. The van der Waals surface area contributed by atoms with Crippen LogP contribution in [0.15, 0.2) is 53.8 Å². The Morgan fingerprint density at radius 2 is 1.89 bits per heavy atom. The number of hydrogen-bond acceptors (Lipinski definition) is 5. The van der Waals surface area contributed by atoms with Gasteiger partial charge in [0.25, 0.3) is 5.91 Å². The molecule has 3 aromatic rings. The number of thiophene rings is 1. The first-order chi connectivity index (χ1) is 13.7. The highest BCUT2D eigenvalue weighted by atomic mass is 35.5. The molecule has 0 N–H and O–H groups in total. The second-order valence-electron chi connectivity index (χ2n) is 6.58. The quantitative estimate of drug-likeness (QED) is 0.564. The first kappa shape index (κ1) is 19.5. The van der Waals surface area contributed by atoms with E-state index in [1.165, 1.54) is 4.88 Å². The SMILES string of the molecule is CSc1ncc(C(=O)N2CCN(Cc3ccc(Cl)s3)CC2)n1-c1ccccc1. The van der Waals surface area contributed by atoms with E-state index in [-0.39, 0.29) is 5.91 Å².